The first-order valence-corrected chi connectivity index (χ1v) is 6.96. The lowest BCUT2D eigenvalue weighted by atomic mass is 10.1. The van der Waals surface area contributed by atoms with Crippen molar-refractivity contribution in [3.8, 4) is 0 Å². The summed E-state index contributed by atoms with van der Waals surface area (Å²) >= 11 is 3.18. The van der Waals surface area contributed by atoms with Gasteiger partial charge in [-0.3, -0.25) is 0 Å². The predicted octanol–water partition coefficient (Wildman–Crippen LogP) is 4.08. The van der Waals surface area contributed by atoms with Crippen molar-refractivity contribution < 1.29 is 18.7 Å². The van der Waals surface area contributed by atoms with Crippen LogP contribution in [0.5, 0.6) is 0 Å². The summed E-state index contributed by atoms with van der Waals surface area (Å²) in [5.74, 6) is -2.21. The van der Waals surface area contributed by atoms with Crippen LogP contribution in [0, 0.1) is 11.6 Å². The summed E-state index contributed by atoms with van der Waals surface area (Å²) in [6.45, 7) is 0.474. The second kappa shape index (κ2) is 6.67. The molecule has 2 aromatic rings. The number of hydrogen-bond donors (Lipinski definition) is 2. The molecule has 0 saturated heterocycles. The van der Waals surface area contributed by atoms with Crippen molar-refractivity contribution in [2.45, 2.75) is 6.42 Å². The van der Waals surface area contributed by atoms with E-state index >= 15 is 0 Å². The van der Waals surface area contributed by atoms with E-state index in [2.05, 4.69) is 21.2 Å². The van der Waals surface area contributed by atoms with Gasteiger partial charge in [0, 0.05) is 22.8 Å². The lowest BCUT2D eigenvalue weighted by Gasteiger charge is -2.08. The Labute approximate surface area is 128 Å². The smallest absolute Gasteiger partial charge is 0.336 e. The van der Waals surface area contributed by atoms with Crippen LogP contribution < -0.4 is 5.32 Å². The van der Waals surface area contributed by atoms with Crippen molar-refractivity contribution in [2.24, 2.45) is 0 Å². The van der Waals surface area contributed by atoms with Gasteiger partial charge in [0.2, 0.25) is 0 Å². The topological polar surface area (TPSA) is 49.3 Å². The highest BCUT2D eigenvalue weighted by Crippen LogP contribution is 2.21. The number of aromatic carboxylic acids is 1. The summed E-state index contributed by atoms with van der Waals surface area (Å²) < 4.78 is 26.5. The molecule has 6 heteroatoms. The third-order valence-electron chi connectivity index (χ3n) is 2.86. The number of halogens is 3. The number of hydrogen-bond acceptors (Lipinski definition) is 2. The summed E-state index contributed by atoms with van der Waals surface area (Å²) in [7, 11) is 0. The van der Waals surface area contributed by atoms with Crippen molar-refractivity contribution in [1.82, 2.24) is 0 Å². The van der Waals surface area contributed by atoms with Crippen LogP contribution in [0.4, 0.5) is 14.5 Å². The quantitative estimate of drug-likeness (QED) is 0.849. The van der Waals surface area contributed by atoms with Crippen LogP contribution in [-0.2, 0) is 6.42 Å². The van der Waals surface area contributed by atoms with Crippen molar-refractivity contribution in [2.75, 3.05) is 11.9 Å². The van der Waals surface area contributed by atoms with Crippen LogP contribution >= 0.6 is 15.9 Å². The number of rotatable bonds is 5. The monoisotopic (exact) mass is 355 g/mol. The van der Waals surface area contributed by atoms with E-state index in [9.17, 15) is 13.6 Å². The molecule has 2 rings (SSSR count). The standard InChI is InChI=1S/C15H12BrF2NO2/c16-14-8-12(1-2-13(14)15(20)21)19-4-3-9-5-10(17)7-11(18)6-9/h1-2,5-8,19H,3-4H2,(H,20,21). The van der Waals surface area contributed by atoms with Gasteiger partial charge >= 0.3 is 5.97 Å². The van der Waals surface area contributed by atoms with Crippen LogP contribution in [0.15, 0.2) is 40.9 Å². The summed E-state index contributed by atoms with van der Waals surface area (Å²) in [6.07, 6.45) is 0.451. The maximum Gasteiger partial charge on any atom is 0.336 e. The maximum atomic E-state index is 13.0. The maximum absolute atomic E-state index is 13.0. The molecule has 21 heavy (non-hydrogen) atoms. The average molecular weight is 356 g/mol. The molecular weight excluding hydrogens is 344 g/mol. The Bertz CT molecular complexity index is 656. The summed E-state index contributed by atoms with van der Waals surface area (Å²) in [5, 5.41) is 12.0. The molecule has 0 unspecified atom stereocenters. The number of carboxylic acids is 1. The van der Waals surface area contributed by atoms with Crippen molar-refractivity contribution in [3.63, 3.8) is 0 Å². The third-order valence-corrected chi connectivity index (χ3v) is 3.52. The minimum atomic E-state index is -1.01. The van der Waals surface area contributed by atoms with E-state index in [1.165, 1.54) is 18.2 Å². The lowest BCUT2D eigenvalue weighted by molar-refractivity contribution is 0.0696. The summed E-state index contributed by atoms with van der Waals surface area (Å²) in [5.41, 5.74) is 1.46. The Balaban J connectivity index is 1.97. The molecule has 110 valence electrons. The highest BCUT2D eigenvalue weighted by Gasteiger charge is 2.08. The lowest BCUT2D eigenvalue weighted by Crippen LogP contribution is -2.06. The SMILES string of the molecule is O=C(O)c1ccc(NCCc2cc(F)cc(F)c2)cc1Br. The fraction of sp³-hybridized carbons (Fsp3) is 0.133. The van der Waals surface area contributed by atoms with Crippen LogP contribution in [-0.4, -0.2) is 17.6 Å². The first kappa shape index (κ1) is 15.4. The zero-order chi connectivity index (χ0) is 15.4. The number of nitrogens with one attached hydrogen (secondary N) is 1. The molecule has 0 radical (unpaired) electrons. The van der Waals surface area contributed by atoms with E-state index in [0.29, 0.717) is 23.0 Å². The van der Waals surface area contributed by atoms with Crippen molar-refractivity contribution in [1.29, 1.82) is 0 Å². The molecule has 0 spiro atoms. The van der Waals surface area contributed by atoms with Crippen molar-refractivity contribution >= 4 is 27.6 Å². The largest absolute Gasteiger partial charge is 0.478 e. The summed E-state index contributed by atoms with van der Waals surface area (Å²) in [4.78, 5) is 10.9. The number of benzene rings is 2. The normalized spacial score (nSPS) is 10.4. The van der Waals surface area contributed by atoms with Gasteiger partial charge in [-0.2, -0.15) is 0 Å². The van der Waals surface area contributed by atoms with E-state index < -0.39 is 17.6 Å². The molecule has 0 aromatic heterocycles. The molecule has 0 bridgehead atoms. The minimum Gasteiger partial charge on any atom is -0.478 e. The molecule has 0 amide bonds. The minimum absolute atomic E-state index is 0.174. The van der Waals surface area contributed by atoms with Gasteiger partial charge in [-0.05, 0) is 58.2 Å². The molecule has 3 nitrogen and oxygen atoms in total. The molecule has 0 saturated carbocycles. The average Bonchev–Trinajstić information content (AvgIpc) is 2.37. The van der Waals surface area contributed by atoms with Crippen LogP contribution in [0.3, 0.4) is 0 Å². The number of carboxylic acid groups (broad SMARTS) is 1. The fourth-order valence-corrected chi connectivity index (χ4v) is 2.45. The molecule has 0 atom stereocenters. The van der Waals surface area contributed by atoms with Gasteiger partial charge < -0.3 is 10.4 Å². The first-order chi connectivity index (χ1) is 9.95. The molecule has 0 fully saturated rings. The second-order valence-corrected chi connectivity index (χ2v) is 5.31. The number of carbonyl (C=O) groups is 1. The highest BCUT2D eigenvalue weighted by molar-refractivity contribution is 9.10. The van der Waals surface area contributed by atoms with Gasteiger partial charge in [0.05, 0.1) is 5.56 Å². The molecule has 0 heterocycles. The Morgan fingerprint density at radius 1 is 1.14 bits per heavy atom. The highest BCUT2D eigenvalue weighted by atomic mass is 79.9. The van der Waals surface area contributed by atoms with E-state index in [1.807, 2.05) is 0 Å². The zero-order valence-corrected chi connectivity index (χ0v) is 12.5. The van der Waals surface area contributed by atoms with Gasteiger partial charge in [-0.25, -0.2) is 13.6 Å². The van der Waals surface area contributed by atoms with Gasteiger partial charge in [0.25, 0.3) is 0 Å². The van der Waals surface area contributed by atoms with Gasteiger partial charge in [-0.1, -0.05) is 0 Å². The van der Waals surface area contributed by atoms with E-state index in [0.717, 1.165) is 11.8 Å². The predicted molar refractivity (Wildman–Crippen MR) is 79.7 cm³/mol. The van der Waals surface area contributed by atoms with Crippen LogP contribution in [0.1, 0.15) is 15.9 Å². The third kappa shape index (κ3) is 4.26. The molecule has 0 aliphatic carbocycles. The van der Waals surface area contributed by atoms with Gasteiger partial charge in [0.1, 0.15) is 11.6 Å². The van der Waals surface area contributed by atoms with E-state index in [1.54, 1.807) is 12.1 Å². The Morgan fingerprint density at radius 3 is 2.38 bits per heavy atom. The van der Waals surface area contributed by atoms with Crippen LogP contribution in [0.25, 0.3) is 0 Å². The molecular formula is C15H12BrF2NO2. The van der Waals surface area contributed by atoms with E-state index in [4.69, 9.17) is 5.11 Å². The van der Waals surface area contributed by atoms with Gasteiger partial charge in [0.15, 0.2) is 0 Å². The molecule has 2 aromatic carbocycles. The van der Waals surface area contributed by atoms with Crippen LogP contribution in [0.2, 0.25) is 0 Å². The second-order valence-electron chi connectivity index (χ2n) is 4.45. The van der Waals surface area contributed by atoms with Gasteiger partial charge in [-0.15, -0.1) is 0 Å². The molecule has 0 aliphatic rings. The summed E-state index contributed by atoms with van der Waals surface area (Å²) in [6, 6.07) is 8.17. The Kier molecular flexibility index (Phi) is 4.90. The fourth-order valence-electron chi connectivity index (χ4n) is 1.90. The zero-order valence-electron chi connectivity index (χ0n) is 10.9. The Morgan fingerprint density at radius 2 is 1.81 bits per heavy atom. The first-order valence-electron chi connectivity index (χ1n) is 6.17. The van der Waals surface area contributed by atoms with E-state index in [-0.39, 0.29) is 5.56 Å². The Hall–Kier alpha value is -1.95. The van der Waals surface area contributed by atoms with Crippen molar-refractivity contribution in [3.05, 3.63) is 63.6 Å². The molecule has 2 N–H and O–H groups in total. The number of anilines is 1. The molecule has 0 aliphatic heterocycles.